The maximum Gasteiger partial charge on any atom is 0.134 e. The van der Waals surface area contributed by atoms with Gasteiger partial charge in [-0.15, -0.1) is 0 Å². The van der Waals surface area contributed by atoms with Crippen molar-refractivity contribution in [1.29, 1.82) is 0 Å². The van der Waals surface area contributed by atoms with E-state index < -0.39 is 0 Å². The van der Waals surface area contributed by atoms with E-state index in [1.165, 1.54) is 5.56 Å². The van der Waals surface area contributed by atoms with Gasteiger partial charge in [-0.3, -0.25) is 0 Å². The fourth-order valence-electron chi connectivity index (χ4n) is 1.93. The van der Waals surface area contributed by atoms with Crippen molar-refractivity contribution in [1.82, 2.24) is 9.97 Å². The van der Waals surface area contributed by atoms with Crippen molar-refractivity contribution in [2.45, 2.75) is 53.4 Å². The Labute approximate surface area is 117 Å². The zero-order valence-corrected chi connectivity index (χ0v) is 12.8. The summed E-state index contributed by atoms with van der Waals surface area (Å²) in [5.41, 5.74) is 1.22. The summed E-state index contributed by atoms with van der Waals surface area (Å²) in [6, 6.07) is 0. The zero-order valence-electron chi connectivity index (χ0n) is 12.8. The Hall–Kier alpha value is -1.32. The number of nitrogens with zero attached hydrogens (tertiary/aromatic N) is 2. The third-order valence-corrected chi connectivity index (χ3v) is 3.00. The lowest BCUT2D eigenvalue weighted by Crippen LogP contribution is -2.12. The summed E-state index contributed by atoms with van der Waals surface area (Å²) in [6.07, 6.45) is 6.03. The highest BCUT2D eigenvalue weighted by molar-refractivity contribution is 5.57. The predicted molar refractivity (Wildman–Crippen MR) is 82.8 cm³/mol. The molecule has 0 amide bonds. The molecule has 0 aromatic carbocycles. The molecular formula is C15H28N4. The highest BCUT2D eigenvalue weighted by Crippen LogP contribution is 2.21. The van der Waals surface area contributed by atoms with Crippen LogP contribution in [0.3, 0.4) is 0 Å². The predicted octanol–water partition coefficient (Wildman–Crippen LogP) is 3.71. The van der Waals surface area contributed by atoms with Crippen molar-refractivity contribution in [2.75, 3.05) is 23.7 Å². The SMILES string of the molecule is CCCNc1ncnc(NCCC(C)C)c1CCC. The Kier molecular flexibility index (Phi) is 7.23. The fraction of sp³-hybridized carbons (Fsp3) is 0.733. The average Bonchev–Trinajstić information content (AvgIpc) is 2.38. The molecule has 19 heavy (non-hydrogen) atoms. The molecule has 1 rings (SSSR count). The number of aromatic nitrogens is 2. The third-order valence-electron chi connectivity index (χ3n) is 3.00. The molecule has 4 heteroatoms. The molecule has 0 saturated heterocycles. The van der Waals surface area contributed by atoms with Gasteiger partial charge in [-0.25, -0.2) is 9.97 Å². The van der Waals surface area contributed by atoms with Gasteiger partial charge in [0.15, 0.2) is 0 Å². The molecule has 0 aliphatic heterocycles. The molecule has 0 bridgehead atoms. The van der Waals surface area contributed by atoms with Gasteiger partial charge in [0.05, 0.1) is 0 Å². The molecule has 1 aromatic heterocycles. The van der Waals surface area contributed by atoms with E-state index in [0.717, 1.165) is 50.4 Å². The maximum absolute atomic E-state index is 4.40. The first-order valence-electron chi connectivity index (χ1n) is 7.50. The monoisotopic (exact) mass is 264 g/mol. The molecule has 0 unspecified atom stereocenters. The van der Waals surface area contributed by atoms with Gasteiger partial charge in [-0.05, 0) is 25.2 Å². The summed E-state index contributed by atoms with van der Waals surface area (Å²) < 4.78 is 0. The fourth-order valence-corrected chi connectivity index (χ4v) is 1.93. The number of hydrogen-bond acceptors (Lipinski definition) is 4. The van der Waals surface area contributed by atoms with Crippen molar-refractivity contribution < 1.29 is 0 Å². The molecule has 0 aliphatic carbocycles. The minimum atomic E-state index is 0.710. The second-order valence-electron chi connectivity index (χ2n) is 5.34. The smallest absolute Gasteiger partial charge is 0.134 e. The van der Waals surface area contributed by atoms with E-state index in [4.69, 9.17) is 0 Å². The summed E-state index contributed by atoms with van der Waals surface area (Å²) in [5, 5.41) is 6.85. The first kappa shape index (κ1) is 15.7. The third kappa shape index (κ3) is 5.45. The highest BCUT2D eigenvalue weighted by atomic mass is 15.1. The van der Waals surface area contributed by atoms with Crippen molar-refractivity contribution in [3.63, 3.8) is 0 Å². The lowest BCUT2D eigenvalue weighted by molar-refractivity contribution is 0.606. The molecule has 0 radical (unpaired) electrons. The van der Waals surface area contributed by atoms with Crippen LogP contribution >= 0.6 is 0 Å². The summed E-state index contributed by atoms with van der Waals surface area (Å²) in [5.74, 6) is 2.70. The topological polar surface area (TPSA) is 49.8 Å². The van der Waals surface area contributed by atoms with Gasteiger partial charge in [-0.2, -0.15) is 0 Å². The summed E-state index contributed by atoms with van der Waals surface area (Å²) >= 11 is 0. The van der Waals surface area contributed by atoms with E-state index in [1.54, 1.807) is 6.33 Å². The molecular weight excluding hydrogens is 236 g/mol. The molecule has 0 aliphatic rings. The minimum absolute atomic E-state index is 0.710. The maximum atomic E-state index is 4.40. The van der Waals surface area contributed by atoms with Gasteiger partial charge in [0.2, 0.25) is 0 Å². The summed E-state index contributed by atoms with van der Waals surface area (Å²) in [4.78, 5) is 8.78. The van der Waals surface area contributed by atoms with Crippen LogP contribution in [-0.4, -0.2) is 23.1 Å². The van der Waals surface area contributed by atoms with Crippen LogP contribution < -0.4 is 10.6 Å². The molecule has 108 valence electrons. The van der Waals surface area contributed by atoms with Gasteiger partial charge in [0, 0.05) is 18.7 Å². The largest absolute Gasteiger partial charge is 0.370 e. The zero-order chi connectivity index (χ0) is 14.1. The van der Waals surface area contributed by atoms with Crippen molar-refractivity contribution in [3.05, 3.63) is 11.9 Å². The first-order valence-corrected chi connectivity index (χ1v) is 7.50. The van der Waals surface area contributed by atoms with E-state index in [0.29, 0.717) is 5.92 Å². The lowest BCUT2D eigenvalue weighted by atomic mass is 10.1. The van der Waals surface area contributed by atoms with Crippen LogP contribution in [0.15, 0.2) is 6.33 Å². The summed E-state index contributed by atoms with van der Waals surface area (Å²) in [7, 11) is 0. The quantitative estimate of drug-likeness (QED) is 0.714. The Balaban J connectivity index is 2.76. The van der Waals surface area contributed by atoms with Gasteiger partial charge in [0.1, 0.15) is 18.0 Å². The van der Waals surface area contributed by atoms with Gasteiger partial charge in [0.25, 0.3) is 0 Å². The second kappa shape index (κ2) is 8.73. The first-order chi connectivity index (χ1) is 9.19. The van der Waals surface area contributed by atoms with Crippen LogP contribution in [0.5, 0.6) is 0 Å². The van der Waals surface area contributed by atoms with Crippen LogP contribution in [0.4, 0.5) is 11.6 Å². The van der Waals surface area contributed by atoms with Crippen LogP contribution in [-0.2, 0) is 6.42 Å². The Bertz CT molecular complexity index is 363. The number of anilines is 2. The normalized spacial score (nSPS) is 10.8. The summed E-state index contributed by atoms with van der Waals surface area (Å²) in [6.45, 7) is 10.8. The van der Waals surface area contributed by atoms with Crippen LogP contribution in [0.1, 0.15) is 52.5 Å². The van der Waals surface area contributed by atoms with E-state index >= 15 is 0 Å². The van der Waals surface area contributed by atoms with Crippen LogP contribution in [0, 0.1) is 5.92 Å². The Morgan fingerprint density at radius 3 is 2.16 bits per heavy atom. The molecule has 4 nitrogen and oxygen atoms in total. The van der Waals surface area contributed by atoms with Crippen molar-refractivity contribution in [2.24, 2.45) is 5.92 Å². The van der Waals surface area contributed by atoms with E-state index in [-0.39, 0.29) is 0 Å². The molecule has 0 spiro atoms. The molecule has 0 fully saturated rings. The minimum Gasteiger partial charge on any atom is -0.370 e. The lowest BCUT2D eigenvalue weighted by Gasteiger charge is -2.15. The van der Waals surface area contributed by atoms with Gasteiger partial charge in [-0.1, -0.05) is 34.1 Å². The number of hydrogen-bond donors (Lipinski definition) is 2. The average molecular weight is 264 g/mol. The second-order valence-corrected chi connectivity index (χ2v) is 5.34. The molecule has 0 saturated carbocycles. The van der Waals surface area contributed by atoms with Crippen molar-refractivity contribution >= 4 is 11.6 Å². The Morgan fingerprint density at radius 2 is 1.63 bits per heavy atom. The highest BCUT2D eigenvalue weighted by Gasteiger charge is 2.10. The van der Waals surface area contributed by atoms with E-state index in [1.807, 2.05) is 0 Å². The molecule has 1 heterocycles. The van der Waals surface area contributed by atoms with Gasteiger partial charge >= 0.3 is 0 Å². The molecule has 0 atom stereocenters. The Morgan fingerprint density at radius 1 is 1.00 bits per heavy atom. The van der Waals surface area contributed by atoms with Crippen LogP contribution in [0.25, 0.3) is 0 Å². The van der Waals surface area contributed by atoms with E-state index in [2.05, 4.69) is 48.3 Å². The van der Waals surface area contributed by atoms with E-state index in [9.17, 15) is 0 Å². The standard InChI is InChI=1S/C15H28N4/c1-5-7-13-14(16-9-6-2)18-11-19-15(13)17-10-8-12(3)4/h11-12H,5-10H2,1-4H3,(H2,16,17,18,19). The number of rotatable bonds is 9. The number of nitrogens with one attached hydrogen (secondary N) is 2. The molecule has 2 N–H and O–H groups in total. The van der Waals surface area contributed by atoms with Crippen molar-refractivity contribution in [3.8, 4) is 0 Å². The van der Waals surface area contributed by atoms with Crippen LogP contribution in [0.2, 0.25) is 0 Å². The molecule has 1 aromatic rings. The van der Waals surface area contributed by atoms with Gasteiger partial charge < -0.3 is 10.6 Å².